The number of hydrogen-bond acceptors (Lipinski definition) is 3. The molecular weight excluding hydrogens is 450 g/mol. The van der Waals surface area contributed by atoms with E-state index in [4.69, 9.17) is 0 Å². The molecule has 0 bridgehead atoms. The molecule has 4 nitrogen and oxygen atoms in total. The lowest BCUT2D eigenvalue weighted by molar-refractivity contribution is 0.102. The molecule has 5 rings (SSSR count). The Balaban J connectivity index is 1.44. The van der Waals surface area contributed by atoms with Crippen LogP contribution >= 0.6 is 15.9 Å². The van der Waals surface area contributed by atoms with Gasteiger partial charge in [-0.1, -0.05) is 42.5 Å². The van der Waals surface area contributed by atoms with Crippen LogP contribution in [0.4, 0.5) is 22.7 Å². The van der Waals surface area contributed by atoms with Crippen LogP contribution in [-0.2, 0) is 0 Å². The van der Waals surface area contributed by atoms with E-state index in [1.807, 2.05) is 42.5 Å². The minimum absolute atomic E-state index is 0.143. The molecule has 4 aromatic rings. The number of benzene rings is 4. The molecule has 1 heterocycles. The fourth-order valence-corrected chi connectivity index (χ4v) is 4.29. The second-order valence-electron chi connectivity index (χ2n) is 7.30. The molecule has 31 heavy (non-hydrogen) atoms. The van der Waals surface area contributed by atoms with Crippen LogP contribution in [0.2, 0.25) is 0 Å². The third-order valence-electron chi connectivity index (χ3n) is 5.34. The summed E-state index contributed by atoms with van der Waals surface area (Å²) in [5.41, 5.74) is 4.59. The van der Waals surface area contributed by atoms with Gasteiger partial charge in [0.1, 0.15) is 0 Å². The van der Waals surface area contributed by atoms with Gasteiger partial charge in [0.25, 0.3) is 5.91 Å². The molecule has 0 saturated carbocycles. The summed E-state index contributed by atoms with van der Waals surface area (Å²) >= 11 is 3.43. The topological polar surface area (TPSA) is 44.4 Å². The van der Waals surface area contributed by atoms with Crippen LogP contribution in [-0.4, -0.2) is 12.5 Å². The van der Waals surface area contributed by atoms with Crippen LogP contribution in [0.25, 0.3) is 10.8 Å². The largest absolute Gasteiger partial charge is 0.379 e. The van der Waals surface area contributed by atoms with E-state index in [-0.39, 0.29) is 5.91 Å². The van der Waals surface area contributed by atoms with Gasteiger partial charge in [0.2, 0.25) is 0 Å². The Morgan fingerprint density at radius 1 is 0.903 bits per heavy atom. The van der Waals surface area contributed by atoms with E-state index >= 15 is 0 Å². The van der Waals surface area contributed by atoms with E-state index < -0.39 is 0 Å². The maximum Gasteiger partial charge on any atom is 0.256 e. The van der Waals surface area contributed by atoms with Gasteiger partial charge >= 0.3 is 0 Å². The smallest absolute Gasteiger partial charge is 0.256 e. The summed E-state index contributed by atoms with van der Waals surface area (Å²) in [5.74, 6) is -0.143. The third kappa shape index (κ3) is 3.80. The average molecular weight is 470 g/mol. The van der Waals surface area contributed by atoms with Crippen molar-refractivity contribution in [2.45, 2.75) is 0 Å². The van der Waals surface area contributed by atoms with Crippen LogP contribution < -0.4 is 15.5 Å². The van der Waals surface area contributed by atoms with Gasteiger partial charge in [0.05, 0.1) is 16.9 Å². The molecule has 1 aliphatic rings. The Hall–Kier alpha value is -3.57. The normalized spacial score (nSPS) is 12.7. The number of halogens is 1. The molecular formula is C26H20BrN3O. The summed E-state index contributed by atoms with van der Waals surface area (Å²) in [6.07, 6.45) is 4.19. The predicted molar refractivity (Wildman–Crippen MR) is 132 cm³/mol. The summed E-state index contributed by atoms with van der Waals surface area (Å²) in [6.45, 7) is 0.762. The van der Waals surface area contributed by atoms with Gasteiger partial charge < -0.3 is 15.5 Å². The monoisotopic (exact) mass is 469 g/mol. The second kappa shape index (κ2) is 8.28. The lowest BCUT2D eigenvalue weighted by Gasteiger charge is -2.23. The van der Waals surface area contributed by atoms with Crippen LogP contribution in [0.5, 0.6) is 0 Å². The molecule has 0 atom stereocenters. The van der Waals surface area contributed by atoms with Crippen molar-refractivity contribution >= 4 is 55.4 Å². The summed E-state index contributed by atoms with van der Waals surface area (Å²) in [5, 5.41) is 8.91. The molecule has 5 heteroatoms. The molecule has 4 aromatic carbocycles. The van der Waals surface area contributed by atoms with Crippen molar-refractivity contribution in [3.8, 4) is 0 Å². The van der Waals surface area contributed by atoms with Crippen molar-refractivity contribution in [2.75, 3.05) is 22.1 Å². The van der Waals surface area contributed by atoms with Gasteiger partial charge in [-0.2, -0.15) is 0 Å². The van der Waals surface area contributed by atoms with Crippen molar-refractivity contribution in [3.05, 3.63) is 107 Å². The van der Waals surface area contributed by atoms with Gasteiger partial charge in [-0.05, 0) is 69.9 Å². The quantitative estimate of drug-likeness (QED) is 0.341. The number of carbonyl (C=O) groups excluding carboxylic acids is 1. The molecule has 0 radical (unpaired) electrons. The minimum Gasteiger partial charge on any atom is -0.379 e. The van der Waals surface area contributed by atoms with Crippen LogP contribution in [0, 0.1) is 0 Å². The zero-order valence-electron chi connectivity index (χ0n) is 16.7. The first-order chi connectivity index (χ1) is 15.2. The van der Waals surface area contributed by atoms with Gasteiger partial charge in [-0.25, -0.2) is 0 Å². The molecule has 1 amide bonds. The van der Waals surface area contributed by atoms with Crippen molar-refractivity contribution in [2.24, 2.45) is 0 Å². The minimum atomic E-state index is -0.143. The number of nitrogens with one attached hydrogen (secondary N) is 2. The van der Waals surface area contributed by atoms with Crippen molar-refractivity contribution in [3.63, 3.8) is 0 Å². The molecule has 0 unspecified atom stereocenters. The SMILES string of the molecule is O=C(Nc1ccc(N2C=CCNc3c2ccc2ccccc32)cc1)c1ccccc1Br. The third-order valence-corrected chi connectivity index (χ3v) is 6.03. The Bertz CT molecular complexity index is 1300. The molecule has 2 N–H and O–H groups in total. The first-order valence-corrected chi connectivity index (χ1v) is 10.9. The highest BCUT2D eigenvalue weighted by Crippen LogP contribution is 2.39. The first kappa shape index (κ1) is 19.4. The summed E-state index contributed by atoms with van der Waals surface area (Å²) in [6, 6.07) is 28.0. The highest BCUT2D eigenvalue weighted by Gasteiger charge is 2.16. The highest BCUT2D eigenvalue weighted by atomic mass is 79.9. The van der Waals surface area contributed by atoms with Gasteiger partial charge in [-0.3, -0.25) is 4.79 Å². The number of amides is 1. The lowest BCUT2D eigenvalue weighted by Crippen LogP contribution is -2.13. The van der Waals surface area contributed by atoms with Crippen LogP contribution in [0.15, 0.2) is 102 Å². The zero-order valence-corrected chi connectivity index (χ0v) is 18.3. The number of rotatable bonds is 3. The van der Waals surface area contributed by atoms with Gasteiger partial charge in [0, 0.05) is 34.0 Å². The van der Waals surface area contributed by atoms with Crippen LogP contribution in [0.3, 0.4) is 0 Å². The van der Waals surface area contributed by atoms with Crippen LogP contribution in [0.1, 0.15) is 10.4 Å². The molecule has 0 saturated heterocycles. The maximum atomic E-state index is 12.6. The predicted octanol–water partition coefficient (Wildman–Crippen LogP) is 6.93. The Kier molecular flexibility index (Phi) is 5.18. The number of nitrogens with zero attached hydrogens (tertiary/aromatic N) is 1. The molecule has 0 aromatic heterocycles. The second-order valence-corrected chi connectivity index (χ2v) is 8.15. The summed E-state index contributed by atoms with van der Waals surface area (Å²) in [7, 11) is 0. The standard InChI is InChI=1S/C26H20BrN3O/c27-23-9-4-3-8-22(23)26(31)29-19-11-13-20(14-12-19)30-17-5-16-28-25-21-7-2-1-6-18(21)10-15-24(25)30/h1-15,17,28H,16H2,(H,29,31). The van der Waals surface area contributed by atoms with Gasteiger partial charge in [-0.15, -0.1) is 0 Å². The lowest BCUT2D eigenvalue weighted by atomic mass is 10.1. The number of carbonyl (C=O) groups is 1. The van der Waals surface area contributed by atoms with Gasteiger partial charge in [0.15, 0.2) is 0 Å². The van der Waals surface area contributed by atoms with Crippen molar-refractivity contribution in [1.82, 2.24) is 0 Å². The van der Waals surface area contributed by atoms with E-state index in [1.165, 1.54) is 10.8 Å². The first-order valence-electron chi connectivity index (χ1n) is 10.1. The summed E-state index contributed by atoms with van der Waals surface area (Å²) in [4.78, 5) is 14.8. The molecule has 0 spiro atoms. The number of anilines is 4. The van der Waals surface area contributed by atoms with E-state index in [2.05, 4.69) is 80.1 Å². The van der Waals surface area contributed by atoms with Crippen molar-refractivity contribution in [1.29, 1.82) is 0 Å². The fourth-order valence-electron chi connectivity index (χ4n) is 3.82. The van der Waals surface area contributed by atoms with E-state index in [0.29, 0.717) is 5.56 Å². The highest BCUT2D eigenvalue weighted by molar-refractivity contribution is 9.10. The van der Waals surface area contributed by atoms with Crippen molar-refractivity contribution < 1.29 is 4.79 Å². The van der Waals surface area contributed by atoms with E-state index in [1.54, 1.807) is 6.07 Å². The molecule has 0 fully saturated rings. The fraction of sp³-hybridized carbons (Fsp3) is 0.0385. The summed E-state index contributed by atoms with van der Waals surface area (Å²) < 4.78 is 0.773. The molecule has 0 aliphatic carbocycles. The van der Waals surface area contributed by atoms with E-state index in [9.17, 15) is 4.79 Å². The van der Waals surface area contributed by atoms with E-state index in [0.717, 1.165) is 33.8 Å². The average Bonchev–Trinajstić information content (AvgIpc) is 3.03. The molecule has 1 aliphatic heterocycles. The Morgan fingerprint density at radius 3 is 2.52 bits per heavy atom. The Morgan fingerprint density at radius 2 is 1.68 bits per heavy atom. The number of hydrogen-bond donors (Lipinski definition) is 2. The zero-order chi connectivity index (χ0) is 21.2. The molecule has 152 valence electrons. The Labute approximate surface area is 189 Å². The number of fused-ring (bicyclic) bond motifs is 3. The maximum absolute atomic E-state index is 12.6.